The van der Waals surface area contributed by atoms with Crippen LogP contribution in [0.4, 0.5) is 0 Å². The van der Waals surface area contributed by atoms with Crippen molar-refractivity contribution in [2.75, 3.05) is 39.6 Å². The van der Waals surface area contributed by atoms with Crippen molar-refractivity contribution in [3.05, 3.63) is 0 Å². The van der Waals surface area contributed by atoms with E-state index in [2.05, 4.69) is 20.3 Å². The lowest BCUT2D eigenvalue weighted by Crippen LogP contribution is -2.44. The van der Waals surface area contributed by atoms with Crippen molar-refractivity contribution in [2.45, 2.75) is 19.9 Å². The first-order valence-corrected chi connectivity index (χ1v) is 7.76. The van der Waals surface area contributed by atoms with Crippen LogP contribution in [0.3, 0.4) is 0 Å². The van der Waals surface area contributed by atoms with Gasteiger partial charge in [0.15, 0.2) is 5.96 Å². The molecule has 0 spiro atoms. The van der Waals surface area contributed by atoms with Crippen LogP contribution in [0.5, 0.6) is 0 Å². The summed E-state index contributed by atoms with van der Waals surface area (Å²) < 4.78 is 29.1. The second kappa shape index (κ2) is 11.7. The molecule has 0 aliphatic heterocycles. The summed E-state index contributed by atoms with van der Waals surface area (Å²) >= 11 is 0. The summed E-state index contributed by atoms with van der Waals surface area (Å²) in [5.74, 6) is 0.650. The van der Waals surface area contributed by atoms with Gasteiger partial charge in [-0.15, -0.1) is 24.0 Å². The highest BCUT2D eigenvalue weighted by molar-refractivity contribution is 14.0. The molecule has 0 rings (SSSR count). The van der Waals surface area contributed by atoms with Gasteiger partial charge in [0.25, 0.3) is 0 Å². The number of hydrogen-bond donors (Lipinski definition) is 3. The molecule has 1 atom stereocenters. The number of sulfonamides is 1. The highest BCUT2D eigenvalue weighted by atomic mass is 127. The molecule has 0 fully saturated rings. The Kier molecular flexibility index (Phi) is 13.0. The standard InChI is InChI=1S/C10H24N4O3S.HI/c1-5-11-10(14-9(2)8-17-3)12-6-7-13-18(4,15)16;/h9,13H,5-8H2,1-4H3,(H2,11,12,14);1H. The molecular weight excluding hydrogens is 383 g/mol. The number of nitrogens with zero attached hydrogens (tertiary/aromatic N) is 1. The summed E-state index contributed by atoms with van der Waals surface area (Å²) in [6.07, 6.45) is 1.13. The van der Waals surface area contributed by atoms with Crippen LogP contribution >= 0.6 is 24.0 Å². The van der Waals surface area contributed by atoms with Crippen molar-refractivity contribution < 1.29 is 13.2 Å². The van der Waals surface area contributed by atoms with Gasteiger partial charge < -0.3 is 15.4 Å². The smallest absolute Gasteiger partial charge is 0.208 e. The molecule has 0 bridgehead atoms. The fourth-order valence-electron chi connectivity index (χ4n) is 1.24. The fourth-order valence-corrected chi connectivity index (χ4v) is 1.71. The highest BCUT2D eigenvalue weighted by Crippen LogP contribution is 1.83. The molecule has 0 aromatic heterocycles. The van der Waals surface area contributed by atoms with Gasteiger partial charge in [-0.1, -0.05) is 0 Å². The molecule has 0 aromatic carbocycles. The zero-order valence-electron chi connectivity index (χ0n) is 11.9. The highest BCUT2D eigenvalue weighted by Gasteiger charge is 2.04. The maximum absolute atomic E-state index is 10.9. The van der Waals surface area contributed by atoms with Crippen LogP contribution < -0.4 is 15.4 Å². The first-order valence-electron chi connectivity index (χ1n) is 5.87. The van der Waals surface area contributed by atoms with E-state index in [-0.39, 0.29) is 36.6 Å². The second-order valence-electron chi connectivity index (χ2n) is 3.93. The molecule has 0 aliphatic carbocycles. The number of halogens is 1. The topological polar surface area (TPSA) is 91.8 Å². The van der Waals surface area contributed by atoms with Crippen LogP contribution in [0.15, 0.2) is 4.99 Å². The molecule has 0 saturated carbocycles. The zero-order valence-corrected chi connectivity index (χ0v) is 15.0. The average Bonchev–Trinajstić information content (AvgIpc) is 2.23. The zero-order chi connectivity index (χ0) is 14.0. The van der Waals surface area contributed by atoms with E-state index in [1.807, 2.05) is 13.8 Å². The maximum atomic E-state index is 10.9. The Labute approximate surface area is 133 Å². The van der Waals surface area contributed by atoms with Crippen LogP contribution in [0.2, 0.25) is 0 Å². The van der Waals surface area contributed by atoms with Gasteiger partial charge in [0.2, 0.25) is 10.0 Å². The molecule has 3 N–H and O–H groups in total. The van der Waals surface area contributed by atoms with Crippen molar-refractivity contribution in [3.63, 3.8) is 0 Å². The molecule has 0 heterocycles. The first kappa shape index (κ1) is 21.2. The van der Waals surface area contributed by atoms with Crippen molar-refractivity contribution in [3.8, 4) is 0 Å². The molecule has 9 heteroatoms. The third-order valence-corrected chi connectivity index (χ3v) is 2.62. The lowest BCUT2D eigenvalue weighted by atomic mass is 10.4. The molecule has 0 amide bonds. The van der Waals surface area contributed by atoms with Crippen molar-refractivity contribution in [1.82, 2.24) is 15.4 Å². The number of ether oxygens (including phenoxy) is 1. The SMILES string of the molecule is CCNC(=NCCNS(C)(=O)=O)NC(C)COC.I. The third-order valence-electron chi connectivity index (χ3n) is 1.89. The minimum atomic E-state index is -3.15. The van der Waals surface area contributed by atoms with Crippen LogP contribution in [0.1, 0.15) is 13.8 Å². The van der Waals surface area contributed by atoms with Crippen molar-refractivity contribution >= 4 is 40.0 Å². The maximum Gasteiger partial charge on any atom is 0.208 e. The molecule has 0 aromatic rings. The van der Waals surface area contributed by atoms with Gasteiger partial charge in [-0.05, 0) is 13.8 Å². The van der Waals surface area contributed by atoms with E-state index < -0.39 is 10.0 Å². The Hall–Kier alpha value is -0.130. The van der Waals surface area contributed by atoms with Gasteiger partial charge in [-0.25, -0.2) is 13.1 Å². The van der Waals surface area contributed by atoms with Crippen LogP contribution in [0, 0.1) is 0 Å². The molecule has 116 valence electrons. The van der Waals surface area contributed by atoms with E-state index in [0.717, 1.165) is 12.8 Å². The summed E-state index contributed by atoms with van der Waals surface area (Å²) in [4.78, 5) is 4.25. The predicted octanol–water partition coefficient (Wildman–Crippen LogP) is -0.256. The van der Waals surface area contributed by atoms with Crippen LogP contribution in [-0.2, 0) is 14.8 Å². The number of nitrogens with one attached hydrogen (secondary N) is 3. The number of guanidine groups is 1. The molecule has 19 heavy (non-hydrogen) atoms. The summed E-state index contributed by atoms with van der Waals surface area (Å²) in [6, 6.07) is 0.135. The van der Waals surface area contributed by atoms with E-state index in [1.165, 1.54) is 0 Å². The van der Waals surface area contributed by atoms with Gasteiger partial charge in [0, 0.05) is 26.2 Å². The summed E-state index contributed by atoms with van der Waals surface area (Å²) in [5, 5.41) is 6.23. The Morgan fingerprint density at radius 3 is 2.53 bits per heavy atom. The quantitative estimate of drug-likeness (QED) is 0.223. The summed E-state index contributed by atoms with van der Waals surface area (Å²) in [6.45, 7) is 5.92. The lowest BCUT2D eigenvalue weighted by molar-refractivity contribution is 0.179. The number of hydrogen-bond acceptors (Lipinski definition) is 4. The van der Waals surface area contributed by atoms with E-state index >= 15 is 0 Å². The van der Waals surface area contributed by atoms with Gasteiger partial charge in [-0.2, -0.15) is 0 Å². The van der Waals surface area contributed by atoms with Crippen LogP contribution in [0.25, 0.3) is 0 Å². The number of aliphatic imine (C=N–C) groups is 1. The molecule has 0 radical (unpaired) electrons. The van der Waals surface area contributed by atoms with Gasteiger partial charge >= 0.3 is 0 Å². The Balaban J connectivity index is 0. The van der Waals surface area contributed by atoms with Crippen LogP contribution in [-0.4, -0.2) is 60.0 Å². The molecule has 0 saturated heterocycles. The van der Waals surface area contributed by atoms with E-state index in [1.54, 1.807) is 7.11 Å². The average molecular weight is 408 g/mol. The van der Waals surface area contributed by atoms with E-state index in [0.29, 0.717) is 19.1 Å². The monoisotopic (exact) mass is 408 g/mol. The molecular formula is C10H25IN4O3S. The van der Waals surface area contributed by atoms with Gasteiger partial charge in [-0.3, -0.25) is 4.99 Å². The molecule has 1 unspecified atom stereocenters. The third kappa shape index (κ3) is 14.1. The minimum absolute atomic E-state index is 0. The first-order chi connectivity index (χ1) is 8.39. The van der Waals surface area contributed by atoms with E-state index in [4.69, 9.17) is 4.74 Å². The largest absolute Gasteiger partial charge is 0.383 e. The molecule has 7 nitrogen and oxygen atoms in total. The van der Waals surface area contributed by atoms with E-state index in [9.17, 15) is 8.42 Å². The summed E-state index contributed by atoms with van der Waals surface area (Å²) in [5.41, 5.74) is 0. The Morgan fingerprint density at radius 2 is 2.05 bits per heavy atom. The second-order valence-corrected chi connectivity index (χ2v) is 5.76. The Morgan fingerprint density at radius 1 is 1.42 bits per heavy atom. The number of methoxy groups -OCH3 is 1. The normalized spacial score (nSPS) is 13.6. The van der Waals surface area contributed by atoms with Gasteiger partial charge in [0.1, 0.15) is 0 Å². The Bertz CT molecular complexity index is 349. The molecule has 0 aliphatic rings. The van der Waals surface area contributed by atoms with Gasteiger partial charge in [0.05, 0.1) is 19.4 Å². The summed E-state index contributed by atoms with van der Waals surface area (Å²) in [7, 11) is -1.51. The number of rotatable bonds is 8. The van der Waals surface area contributed by atoms with Crippen molar-refractivity contribution in [1.29, 1.82) is 0 Å². The predicted molar refractivity (Wildman–Crippen MR) is 88.7 cm³/mol. The lowest BCUT2D eigenvalue weighted by Gasteiger charge is -2.16. The minimum Gasteiger partial charge on any atom is -0.383 e. The van der Waals surface area contributed by atoms with Crippen molar-refractivity contribution in [2.24, 2.45) is 4.99 Å². The fraction of sp³-hybridized carbons (Fsp3) is 0.900.